The highest BCUT2D eigenvalue weighted by Crippen LogP contribution is 2.58. The van der Waals surface area contributed by atoms with Gasteiger partial charge in [0.05, 0.1) is 6.10 Å². The van der Waals surface area contributed by atoms with Crippen molar-refractivity contribution in [2.24, 2.45) is 17.3 Å². The number of fused-ring (bicyclic) bond motifs is 5. The maximum atomic E-state index is 10.3. The predicted octanol–water partition coefficient (Wildman–Crippen LogP) is 4.84. The molecule has 1 aromatic rings. The summed E-state index contributed by atoms with van der Waals surface area (Å²) in [4.78, 5) is 0. The van der Waals surface area contributed by atoms with Crippen LogP contribution in [0.15, 0.2) is 30.3 Å². The van der Waals surface area contributed by atoms with E-state index >= 15 is 0 Å². The maximum absolute atomic E-state index is 10.3. The Bertz CT molecular complexity index is 545. The van der Waals surface area contributed by atoms with Crippen molar-refractivity contribution in [2.45, 2.75) is 59.0 Å². The molecule has 4 rings (SSSR count). The molecule has 1 saturated carbocycles. The smallest absolute Gasteiger partial charge is 0.0599 e. The van der Waals surface area contributed by atoms with Crippen LogP contribution in [0.1, 0.15) is 57.6 Å². The summed E-state index contributed by atoms with van der Waals surface area (Å²) in [5, 5.41) is 10.3. The predicted molar refractivity (Wildman–Crippen MR) is 89.0 cm³/mol. The largest absolute Gasteiger partial charge is 0.393 e. The van der Waals surface area contributed by atoms with Gasteiger partial charge < -0.3 is 5.11 Å². The Morgan fingerprint density at radius 1 is 1.10 bits per heavy atom. The molecule has 0 bridgehead atoms. The number of rotatable bonds is 0. The van der Waals surface area contributed by atoms with Gasteiger partial charge in [-0.2, -0.15) is 0 Å². The standard InChI is InChI=1S/C18H22O.C2H6/c1-18-11-10-14-13-5-3-2-4-12(13)6-7-15(14)16(18)8-9-17(18)19;1-2/h2-5,10,15-17,19H,6-9,11H2,1H3;1-2H3/t15-,16+,17+,18+;/m0./s1. The number of aliphatic hydroxyl groups excluding tert-OH is 1. The highest BCUT2D eigenvalue weighted by molar-refractivity contribution is 5.73. The first-order chi connectivity index (χ1) is 10.2. The summed E-state index contributed by atoms with van der Waals surface area (Å²) in [6, 6.07) is 8.90. The van der Waals surface area contributed by atoms with Gasteiger partial charge in [-0.25, -0.2) is 0 Å². The van der Waals surface area contributed by atoms with Crippen LogP contribution in [0.5, 0.6) is 0 Å². The molecule has 0 amide bonds. The summed E-state index contributed by atoms with van der Waals surface area (Å²) in [6.07, 6.45) is 8.10. The molecule has 0 radical (unpaired) electrons. The topological polar surface area (TPSA) is 20.2 Å². The molecule has 4 atom stereocenters. The van der Waals surface area contributed by atoms with Gasteiger partial charge in [-0.1, -0.05) is 51.1 Å². The van der Waals surface area contributed by atoms with Gasteiger partial charge in [0.25, 0.3) is 0 Å². The quantitative estimate of drug-likeness (QED) is 0.723. The zero-order valence-electron chi connectivity index (χ0n) is 13.6. The molecule has 3 aliphatic carbocycles. The van der Waals surface area contributed by atoms with Crippen LogP contribution in [-0.4, -0.2) is 11.2 Å². The van der Waals surface area contributed by atoms with Crippen molar-refractivity contribution >= 4 is 5.57 Å². The van der Waals surface area contributed by atoms with Crippen LogP contribution in [0.4, 0.5) is 0 Å². The van der Waals surface area contributed by atoms with E-state index in [0.29, 0.717) is 11.8 Å². The molecule has 114 valence electrons. The van der Waals surface area contributed by atoms with E-state index in [9.17, 15) is 5.11 Å². The van der Waals surface area contributed by atoms with Crippen LogP contribution in [0.3, 0.4) is 0 Å². The molecular weight excluding hydrogens is 256 g/mol. The maximum Gasteiger partial charge on any atom is 0.0599 e. The monoisotopic (exact) mass is 284 g/mol. The Labute approximate surface area is 129 Å². The Hall–Kier alpha value is -1.08. The molecule has 1 fully saturated rings. The summed E-state index contributed by atoms with van der Waals surface area (Å²) in [5.41, 5.74) is 4.73. The van der Waals surface area contributed by atoms with Crippen LogP contribution in [-0.2, 0) is 6.42 Å². The normalized spacial score (nSPS) is 36.6. The van der Waals surface area contributed by atoms with Crippen molar-refractivity contribution < 1.29 is 5.11 Å². The van der Waals surface area contributed by atoms with Gasteiger partial charge in [0.2, 0.25) is 0 Å². The van der Waals surface area contributed by atoms with Crippen molar-refractivity contribution in [2.75, 3.05) is 0 Å². The number of aryl methyl sites for hydroxylation is 1. The Balaban J connectivity index is 0.000000636. The molecule has 0 spiro atoms. The first-order valence-electron chi connectivity index (χ1n) is 8.66. The molecule has 21 heavy (non-hydrogen) atoms. The molecule has 1 nitrogen and oxygen atoms in total. The summed E-state index contributed by atoms with van der Waals surface area (Å²) < 4.78 is 0. The SMILES string of the molecule is CC.C[C@@]12CC=C3c4ccccc4CC[C@@H]3[C@H]1CC[C@H]2O. The first kappa shape index (κ1) is 14.8. The first-order valence-corrected chi connectivity index (χ1v) is 8.66. The van der Waals surface area contributed by atoms with Crippen molar-refractivity contribution in [1.82, 2.24) is 0 Å². The van der Waals surface area contributed by atoms with Crippen molar-refractivity contribution in [3.05, 3.63) is 41.5 Å². The molecule has 1 aromatic carbocycles. The van der Waals surface area contributed by atoms with Gasteiger partial charge in [0.1, 0.15) is 0 Å². The zero-order chi connectivity index (χ0) is 15.0. The lowest BCUT2D eigenvalue weighted by molar-refractivity contribution is 0.0251. The molecule has 0 unspecified atom stereocenters. The van der Waals surface area contributed by atoms with Gasteiger partial charge in [0, 0.05) is 5.41 Å². The fourth-order valence-electron chi connectivity index (χ4n) is 4.89. The van der Waals surface area contributed by atoms with Crippen molar-refractivity contribution in [3.63, 3.8) is 0 Å². The van der Waals surface area contributed by atoms with E-state index in [1.807, 2.05) is 13.8 Å². The summed E-state index contributed by atoms with van der Waals surface area (Å²) in [6.45, 7) is 6.31. The fraction of sp³-hybridized carbons (Fsp3) is 0.600. The van der Waals surface area contributed by atoms with Gasteiger partial charge in [0.15, 0.2) is 0 Å². The van der Waals surface area contributed by atoms with E-state index in [2.05, 4.69) is 37.3 Å². The van der Waals surface area contributed by atoms with Gasteiger partial charge >= 0.3 is 0 Å². The molecule has 0 saturated heterocycles. The minimum absolute atomic E-state index is 0.0903. The molecule has 1 heteroatoms. The highest BCUT2D eigenvalue weighted by Gasteiger charge is 2.51. The highest BCUT2D eigenvalue weighted by atomic mass is 16.3. The number of hydrogen-bond acceptors (Lipinski definition) is 1. The number of benzene rings is 1. The molecule has 1 N–H and O–H groups in total. The minimum Gasteiger partial charge on any atom is -0.393 e. The minimum atomic E-state index is -0.0903. The van der Waals surface area contributed by atoms with Gasteiger partial charge in [-0.15, -0.1) is 0 Å². The third-order valence-electron chi connectivity index (χ3n) is 6.06. The summed E-state index contributed by atoms with van der Waals surface area (Å²) >= 11 is 0. The number of aliphatic hydroxyl groups is 1. The van der Waals surface area contributed by atoms with E-state index in [1.165, 1.54) is 30.4 Å². The lowest BCUT2D eigenvalue weighted by Gasteiger charge is -2.45. The van der Waals surface area contributed by atoms with Crippen LogP contribution >= 0.6 is 0 Å². The third kappa shape index (κ3) is 2.17. The van der Waals surface area contributed by atoms with E-state index in [0.717, 1.165) is 12.8 Å². The molecule has 0 aliphatic heterocycles. The van der Waals surface area contributed by atoms with Crippen LogP contribution in [0.2, 0.25) is 0 Å². The van der Waals surface area contributed by atoms with Crippen LogP contribution in [0.25, 0.3) is 5.57 Å². The number of hydrogen-bond donors (Lipinski definition) is 1. The van der Waals surface area contributed by atoms with E-state index in [4.69, 9.17) is 0 Å². The molecule has 3 aliphatic rings. The van der Waals surface area contributed by atoms with Crippen LogP contribution < -0.4 is 0 Å². The lowest BCUT2D eigenvalue weighted by atomic mass is 9.60. The third-order valence-corrected chi connectivity index (χ3v) is 6.06. The van der Waals surface area contributed by atoms with E-state index in [-0.39, 0.29) is 11.5 Å². The van der Waals surface area contributed by atoms with Gasteiger partial charge in [-0.05, 0) is 60.6 Å². The molecule has 0 heterocycles. The summed E-state index contributed by atoms with van der Waals surface area (Å²) in [7, 11) is 0. The van der Waals surface area contributed by atoms with Crippen LogP contribution in [0, 0.1) is 17.3 Å². The van der Waals surface area contributed by atoms with Crippen molar-refractivity contribution in [3.8, 4) is 0 Å². The second-order valence-corrected chi connectivity index (χ2v) is 6.87. The average molecular weight is 284 g/mol. The Morgan fingerprint density at radius 3 is 2.67 bits per heavy atom. The Kier molecular flexibility index (Phi) is 3.96. The second-order valence-electron chi connectivity index (χ2n) is 6.87. The molecular formula is C20H28O. The second kappa shape index (κ2) is 5.61. The molecule has 0 aromatic heterocycles. The zero-order valence-corrected chi connectivity index (χ0v) is 13.6. The summed E-state index contributed by atoms with van der Waals surface area (Å²) in [5.74, 6) is 1.38. The number of allylic oxidation sites excluding steroid dienone is 2. The van der Waals surface area contributed by atoms with Crippen molar-refractivity contribution in [1.29, 1.82) is 0 Å². The Morgan fingerprint density at radius 2 is 1.86 bits per heavy atom. The average Bonchev–Trinajstić information content (AvgIpc) is 2.85. The lowest BCUT2D eigenvalue weighted by Crippen LogP contribution is -2.39. The fourth-order valence-corrected chi connectivity index (χ4v) is 4.89. The van der Waals surface area contributed by atoms with E-state index in [1.54, 1.807) is 5.57 Å². The van der Waals surface area contributed by atoms with Gasteiger partial charge in [-0.3, -0.25) is 0 Å². The van der Waals surface area contributed by atoms with E-state index < -0.39 is 0 Å².